The first-order valence-electron chi connectivity index (χ1n) is 5.35. The molecule has 3 heteroatoms. The van der Waals surface area contributed by atoms with Crippen LogP contribution in [-0.4, -0.2) is 23.8 Å². The number of benzene rings is 1. The van der Waals surface area contributed by atoms with Gasteiger partial charge in [-0.15, -0.1) is 0 Å². The lowest BCUT2D eigenvalue weighted by atomic mass is 9.84. The van der Waals surface area contributed by atoms with E-state index in [0.29, 0.717) is 11.1 Å². The molecule has 80 valence electrons. The third-order valence-electron chi connectivity index (χ3n) is 3.25. The Morgan fingerprint density at radius 3 is 2.81 bits per heavy atom. The molecule has 3 rings (SSSR count). The second-order valence-corrected chi connectivity index (χ2v) is 4.17. The van der Waals surface area contributed by atoms with Crippen LogP contribution >= 0.6 is 0 Å². The minimum atomic E-state index is -0.194. The zero-order chi connectivity index (χ0) is 11.3. The second kappa shape index (κ2) is 3.04. The molecule has 0 atom stereocenters. The Kier molecular flexibility index (Phi) is 1.78. The number of allylic oxidation sites excluding steroid dienone is 1. The molecule has 0 unspecified atom stereocenters. The molecule has 0 saturated heterocycles. The second-order valence-electron chi connectivity index (χ2n) is 4.17. The first-order chi connectivity index (χ1) is 7.70. The van der Waals surface area contributed by atoms with Crippen LogP contribution in [0.1, 0.15) is 27.9 Å². The summed E-state index contributed by atoms with van der Waals surface area (Å²) in [4.78, 5) is 25.1. The Hall–Kier alpha value is -1.90. The van der Waals surface area contributed by atoms with E-state index in [1.54, 1.807) is 6.07 Å². The standard InChI is InChI=1S/C13H11NO2/c1-14-12(15)9-6-2-4-8-5-3-7-10(11(8)9)13(14)16/h2,4,6-7H,3,5H2,1H3. The summed E-state index contributed by atoms with van der Waals surface area (Å²) in [6.45, 7) is 0. The molecule has 16 heavy (non-hydrogen) atoms. The minimum absolute atomic E-state index is 0.176. The number of nitrogens with zero attached hydrogens (tertiary/aromatic N) is 1. The minimum Gasteiger partial charge on any atom is -0.277 e. The molecule has 0 radical (unpaired) electrons. The van der Waals surface area contributed by atoms with Gasteiger partial charge < -0.3 is 0 Å². The summed E-state index contributed by atoms with van der Waals surface area (Å²) in [5.41, 5.74) is 3.33. The van der Waals surface area contributed by atoms with Crippen LogP contribution in [0, 0.1) is 0 Å². The van der Waals surface area contributed by atoms with E-state index in [1.807, 2.05) is 18.2 Å². The van der Waals surface area contributed by atoms with Crippen LogP contribution in [0.4, 0.5) is 0 Å². The predicted molar refractivity (Wildman–Crippen MR) is 59.8 cm³/mol. The Bertz CT molecular complexity index is 543. The van der Waals surface area contributed by atoms with Crippen LogP contribution < -0.4 is 0 Å². The molecule has 1 aliphatic carbocycles. The molecule has 2 aliphatic rings. The molecule has 1 aromatic carbocycles. The van der Waals surface area contributed by atoms with E-state index >= 15 is 0 Å². The van der Waals surface area contributed by atoms with Crippen molar-refractivity contribution in [3.8, 4) is 0 Å². The van der Waals surface area contributed by atoms with E-state index in [9.17, 15) is 9.59 Å². The van der Waals surface area contributed by atoms with Crippen molar-refractivity contribution in [2.45, 2.75) is 12.8 Å². The Morgan fingerprint density at radius 2 is 2.00 bits per heavy atom. The van der Waals surface area contributed by atoms with Crippen LogP contribution in [0.15, 0.2) is 24.3 Å². The highest BCUT2D eigenvalue weighted by Gasteiger charge is 2.34. The fraction of sp³-hybridized carbons (Fsp3) is 0.231. The monoisotopic (exact) mass is 213 g/mol. The third kappa shape index (κ3) is 1.03. The van der Waals surface area contributed by atoms with Gasteiger partial charge >= 0.3 is 0 Å². The fourth-order valence-corrected chi connectivity index (χ4v) is 2.43. The summed E-state index contributed by atoms with van der Waals surface area (Å²) in [6, 6.07) is 5.68. The van der Waals surface area contributed by atoms with Gasteiger partial charge in [0.25, 0.3) is 11.8 Å². The topological polar surface area (TPSA) is 37.4 Å². The van der Waals surface area contributed by atoms with E-state index in [-0.39, 0.29) is 11.8 Å². The van der Waals surface area contributed by atoms with Gasteiger partial charge in [-0.1, -0.05) is 18.2 Å². The lowest BCUT2D eigenvalue weighted by molar-refractivity contribution is -0.121. The van der Waals surface area contributed by atoms with Crippen molar-refractivity contribution in [1.82, 2.24) is 4.90 Å². The largest absolute Gasteiger partial charge is 0.277 e. The number of hydrogen-bond donors (Lipinski definition) is 0. The zero-order valence-electron chi connectivity index (χ0n) is 8.99. The van der Waals surface area contributed by atoms with Gasteiger partial charge in [-0.2, -0.15) is 0 Å². The Labute approximate surface area is 93.4 Å². The van der Waals surface area contributed by atoms with E-state index < -0.39 is 0 Å². The van der Waals surface area contributed by atoms with E-state index in [1.165, 1.54) is 11.9 Å². The first kappa shape index (κ1) is 9.33. The molecule has 0 spiro atoms. The van der Waals surface area contributed by atoms with Gasteiger partial charge in [0, 0.05) is 23.7 Å². The van der Waals surface area contributed by atoms with Crippen molar-refractivity contribution in [2.24, 2.45) is 0 Å². The molecule has 0 aromatic heterocycles. The van der Waals surface area contributed by atoms with Crippen LogP contribution in [0.25, 0.3) is 5.57 Å². The van der Waals surface area contributed by atoms with Crippen molar-refractivity contribution in [1.29, 1.82) is 0 Å². The third-order valence-corrected chi connectivity index (χ3v) is 3.25. The summed E-state index contributed by atoms with van der Waals surface area (Å²) in [6.07, 6.45) is 3.73. The summed E-state index contributed by atoms with van der Waals surface area (Å²) in [5, 5.41) is 0. The maximum atomic E-state index is 12.0. The van der Waals surface area contributed by atoms with Crippen molar-refractivity contribution in [3.05, 3.63) is 41.0 Å². The number of carbonyl (C=O) groups excluding carboxylic acids is 2. The zero-order valence-corrected chi connectivity index (χ0v) is 8.99. The molecular formula is C13H11NO2. The van der Waals surface area contributed by atoms with Gasteiger partial charge in [0.2, 0.25) is 0 Å². The van der Waals surface area contributed by atoms with Crippen LogP contribution in [0.2, 0.25) is 0 Å². The first-order valence-corrected chi connectivity index (χ1v) is 5.35. The van der Waals surface area contributed by atoms with E-state index in [4.69, 9.17) is 0 Å². The molecule has 1 aliphatic heterocycles. The summed E-state index contributed by atoms with van der Waals surface area (Å²) < 4.78 is 0. The maximum absolute atomic E-state index is 12.0. The molecular weight excluding hydrogens is 202 g/mol. The van der Waals surface area contributed by atoms with Crippen LogP contribution in [-0.2, 0) is 11.2 Å². The van der Waals surface area contributed by atoms with Crippen LogP contribution in [0.5, 0.6) is 0 Å². The van der Waals surface area contributed by atoms with Crippen molar-refractivity contribution in [3.63, 3.8) is 0 Å². The van der Waals surface area contributed by atoms with E-state index in [2.05, 4.69) is 0 Å². The average Bonchev–Trinajstić information content (AvgIpc) is 2.33. The maximum Gasteiger partial charge on any atom is 0.261 e. The highest BCUT2D eigenvalue weighted by molar-refractivity contribution is 6.31. The van der Waals surface area contributed by atoms with Gasteiger partial charge in [-0.05, 0) is 24.5 Å². The van der Waals surface area contributed by atoms with Crippen molar-refractivity contribution >= 4 is 17.4 Å². The van der Waals surface area contributed by atoms with Gasteiger partial charge in [0.1, 0.15) is 0 Å². The summed E-state index contributed by atoms with van der Waals surface area (Å²) >= 11 is 0. The van der Waals surface area contributed by atoms with Gasteiger partial charge in [-0.3, -0.25) is 14.5 Å². The van der Waals surface area contributed by atoms with Crippen LogP contribution in [0.3, 0.4) is 0 Å². The lowest BCUT2D eigenvalue weighted by Crippen LogP contribution is -2.39. The lowest BCUT2D eigenvalue weighted by Gasteiger charge is -2.29. The Balaban J connectivity index is 2.35. The normalized spacial score (nSPS) is 18.3. The number of amides is 2. The SMILES string of the molecule is CN1C(=O)C2=CCCc3cccc(c32)C1=O. The highest BCUT2D eigenvalue weighted by Crippen LogP contribution is 2.34. The number of aryl methyl sites for hydroxylation is 1. The molecule has 2 amide bonds. The smallest absolute Gasteiger partial charge is 0.261 e. The Morgan fingerprint density at radius 1 is 1.19 bits per heavy atom. The van der Waals surface area contributed by atoms with Gasteiger partial charge in [0.15, 0.2) is 0 Å². The number of rotatable bonds is 0. The van der Waals surface area contributed by atoms with Gasteiger partial charge in [0.05, 0.1) is 0 Å². The highest BCUT2D eigenvalue weighted by atomic mass is 16.2. The summed E-state index contributed by atoms with van der Waals surface area (Å²) in [5.74, 6) is -0.370. The predicted octanol–water partition coefficient (Wildman–Crippen LogP) is 1.63. The molecule has 0 saturated carbocycles. The number of likely N-dealkylation sites (N-methyl/N-ethyl adjacent to an activating group) is 1. The molecule has 1 aromatic rings. The fourth-order valence-electron chi connectivity index (χ4n) is 2.43. The number of hydrogen-bond acceptors (Lipinski definition) is 2. The molecule has 0 fully saturated rings. The van der Waals surface area contributed by atoms with E-state index in [0.717, 1.165) is 24.0 Å². The summed E-state index contributed by atoms with van der Waals surface area (Å²) in [7, 11) is 1.54. The molecule has 3 nitrogen and oxygen atoms in total. The average molecular weight is 213 g/mol. The molecule has 0 N–H and O–H groups in total. The quantitative estimate of drug-likeness (QED) is 0.614. The number of imide groups is 1. The van der Waals surface area contributed by atoms with Crippen molar-refractivity contribution < 1.29 is 9.59 Å². The molecule has 0 bridgehead atoms. The van der Waals surface area contributed by atoms with Crippen molar-refractivity contribution in [2.75, 3.05) is 7.05 Å². The number of carbonyl (C=O) groups is 2. The molecule has 1 heterocycles. The van der Waals surface area contributed by atoms with Gasteiger partial charge in [-0.25, -0.2) is 0 Å².